The van der Waals surface area contributed by atoms with E-state index >= 15 is 0 Å². The molecule has 0 bridgehead atoms. The summed E-state index contributed by atoms with van der Waals surface area (Å²) in [7, 11) is 0. The smallest absolute Gasteiger partial charge is 0.354 e. The summed E-state index contributed by atoms with van der Waals surface area (Å²) in [6.45, 7) is 7.31. The first kappa shape index (κ1) is 20.1. The Morgan fingerprint density at radius 1 is 1.22 bits per heavy atom. The standard InChI is InChI=1S/C20H21Cl3N2O2/c1-4-24(5-2)17-13-9-14(22)15(23)10-16(13)25(18(17)19(26)27)20(3)8-6-7-12(21)11-20/h6-10H,4-5,11H2,1-3H3,(H,26,27). The molecule has 0 aliphatic heterocycles. The van der Waals surface area contributed by atoms with Crippen molar-refractivity contribution in [1.82, 2.24) is 4.57 Å². The first-order chi connectivity index (χ1) is 12.7. The molecule has 0 radical (unpaired) electrons. The Morgan fingerprint density at radius 3 is 2.41 bits per heavy atom. The topological polar surface area (TPSA) is 45.5 Å². The zero-order valence-electron chi connectivity index (χ0n) is 15.4. The number of hydrogen-bond acceptors (Lipinski definition) is 2. The van der Waals surface area contributed by atoms with Gasteiger partial charge in [-0.05, 0) is 39.0 Å². The van der Waals surface area contributed by atoms with Crippen LogP contribution in [-0.2, 0) is 5.54 Å². The van der Waals surface area contributed by atoms with Crippen molar-refractivity contribution in [3.63, 3.8) is 0 Å². The summed E-state index contributed by atoms with van der Waals surface area (Å²) in [4.78, 5) is 14.4. The lowest BCUT2D eigenvalue weighted by Crippen LogP contribution is -2.33. The second kappa shape index (κ2) is 7.42. The third kappa shape index (κ3) is 3.35. The van der Waals surface area contributed by atoms with Crippen LogP contribution in [-0.4, -0.2) is 28.7 Å². The zero-order chi connectivity index (χ0) is 19.9. The molecule has 0 amide bonds. The predicted molar refractivity (Wildman–Crippen MR) is 114 cm³/mol. The lowest BCUT2D eigenvalue weighted by Gasteiger charge is -2.33. The van der Waals surface area contributed by atoms with Gasteiger partial charge in [0, 0.05) is 29.9 Å². The second-order valence-corrected chi connectivity index (χ2v) is 8.10. The molecule has 0 spiro atoms. The molecule has 3 rings (SSSR count). The van der Waals surface area contributed by atoms with E-state index in [2.05, 4.69) is 0 Å². The summed E-state index contributed by atoms with van der Waals surface area (Å²) in [5.74, 6) is -0.999. The van der Waals surface area contributed by atoms with Gasteiger partial charge in [0.05, 0.1) is 26.8 Å². The molecule has 4 nitrogen and oxygen atoms in total. The Labute approximate surface area is 173 Å². The van der Waals surface area contributed by atoms with Crippen molar-refractivity contribution in [2.45, 2.75) is 32.7 Å². The number of aromatic nitrogens is 1. The summed E-state index contributed by atoms with van der Waals surface area (Å²) in [5.41, 5.74) is 0.953. The van der Waals surface area contributed by atoms with Gasteiger partial charge >= 0.3 is 5.97 Å². The monoisotopic (exact) mass is 426 g/mol. The number of carbonyl (C=O) groups is 1. The highest BCUT2D eigenvalue weighted by molar-refractivity contribution is 6.43. The first-order valence-electron chi connectivity index (χ1n) is 8.79. The SMILES string of the molecule is CCN(CC)c1c(C(=O)O)n(C2(C)C=CC=C(Cl)C2)c2cc(Cl)c(Cl)cc12. The Balaban J connectivity index is 2.47. The van der Waals surface area contributed by atoms with E-state index in [9.17, 15) is 9.90 Å². The van der Waals surface area contributed by atoms with Gasteiger partial charge in [0.15, 0.2) is 5.69 Å². The number of aromatic carboxylic acids is 1. The molecular formula is C20H21Cl3N2O2. The van der Waals surface area contributed by atoms with E-state index in [1.54, 1.807) is 12.1 Å². The number of benzene rings is 1. The molecule has 1 aromatic carbocycles. The van der Waals surface area contributed by atoms with Gasteiger partial charge in [-0.25, -0.2) is 4.79 Å². The molecule has 0 saturated carbocycles. The van der Waals surface area contributed by atoms with Crippen LogP contribution in [0.5, 0.6) is 0 Å². The lowest BCUT2D eigenvalue weighted by atomic mass is 9.92. The van der Waals surface area contributed by atoms with Crippen molar-refractivity contribution in [3.05, 3.63) is 51.1 Å². The molecule has 27 heavy (non-hydrogen) atoms. The van der Waals surface area contributed by atoms with E-state index in [1.165, 1.54) is 0 Å². The zero-order valence-corrected chi connectivity index (χ0v) is 17.7. The number of halogens is 3. The van der Waals surface area contributed by atoms with Gasteiger partial charge in [-0.1, -0.05) is 47.0 Å². The molecule has 1 aliphatic carbocycles. The highest BCUT2D eigenvalue weighted by Gasteiger charge is 2.36. The van der Waals surface area contributed by atoms with Crippen molar-refractivity contribution in [2.75, 3.05) is 18.0 Å². The predicted octanol–water partition coefficient (Wildman–Crippen LogP) is 6.29. The quantitative estimate of drug-likeness (QED) is 0.610. The Morgan fingerprint density at radius 2 is 1.85 bits per heavy atom. The summed E-state index contributed by atoms with van der Waals surface area (Å²) >= 11 is 18.9. The van der Waals surface area contributed by atoms with E-state index < -0.39 is 11.5 Å². The van der Waals surface area contributed by atoms with Gasteiger partial charge in [-0.15, -0.1) is 0 Å². The molecule has 1 heterocycles. The largest absolute Gasteiger partial charge is 0.477 e. The molecule has 1 aromatic heterocycles. The van der Waals surface area contributed by atoms with Crippen LogP contribution >= 0.6 is 34.8 Å². The summed E-state index contributed by atoms with van der Waals surface area (Å²) in [6.07, 6.45) is 6.15. The maximum Gasteiger partial charge on any atom is 0.354 e. The number of rotatable bonds is 5. The highest BCUT2D eigenvalue weighted by atomic mass is 35.5. The molecule has 144 valence electrons. The molecule has 0 fully saturated rings. The highest BCUT2D eigenvalue weighted by Crippen LogP contribution is 2.44. The van der Waals surface area contributed by atoms with Crippen molar-refractivity contribution < 1.29 is 9.90 Å². The fourth-order valence-electron chi connectivity index (χ4n) is 3.83. The van der Waals surface area contributed by atoms with Gasteiger partial charge in [0.1, 0.15) is 0 Å². The molecule has 1 aliphatic rings. The molecule has 1 atom stereocenters. The van der Waals surface area contributed by atoms with Gasteiger partial charge in [0.25, 0.3) is 0 Å². The van der Waals surface area contributed by atoms with Crippen LogP contribution in [0.15, 0.2) is 35.4 Å². The van der Waals surface area contributed by atoms with Crippen LogP contribution < -0.4 is 4.90 Å². The average molecular weight is 428 g/mol. The van der Waals surface area contributed by atoms with Gasteiger partial charge < -0.3 is 14.6 Å². The van der Waals surface area contributed by atoms with Crippen molar-refractivity contribution in [3.8, 4) is 0 Å². The second-order valence-electron chi connectivity index (χ2n) is 6.80. The third-order valence-electron chi connectivity index (χ3n) is 5.03. The van der Waals surface area contributed by atoms with E-state index in [1.807, 2.05) is 48.5 Å². The summed E-state index contributed by atoms with van der Waals surface area (Å²) < 4.78 is 1.83. The number of nitrogens with zero attached hydrogens (tertiary/aromatic N) is 2. The van der Waals surface area contributed by atoms with Crippen LogP contribution in [0.2, 0.25) is 10.0 Å². The average Bonchev–Trinajstić information content (AvgIpc) is 2.92. The van der Waals surface area contributed by atoms with Crippen molar-refractivity contribution >= 4 is 57.4 Å². The van der Waals surface area contributed by atoms with Crippen LogP contribution in [0, 0.1) is 0 Å². The van der Waals surface area contributed by atoms with E-state index in [-0.39, 0.29) is 5.69 Å². The fraction of sp³-hybridized carbons (Fsp3) is 0.350. The molecule has 0 saturated heterocycles. The molecule has 7 heteroatoms. The van der Waals surface area contributed by atoms with Gasteiger partial charge in [0.2, 0.25) is 0 Å². The minimum atomic E-state index is -0.999. The van der Waals surface area contributed by atoms with Crippen molar-refractivity contribution in [2.24, 2.45) is 0 Å². The number of fused-ring (bicyclic) bond motifs is 1. The molecule has 1 unspecified atom stereocenters. The number of hydrogen-bond donors (Lipinski definition) is 1. The maximum absolute atomic E-state index is 12.4. The van der Waals surface area contributed by atoms with Crippen molar-refractivity contribution in [1.29, 1.82) is 0 Å². The summed E-state index contributed by atoms with van der Waals surface area (Å²) in [6, 6.07) is 3.49. The number of carboxylic acids is 1. The normalized spacial score (nSPS) is 19.4. The maximum atomic E-state index is 12.4. The lowest BCUT2D eigenvalue weighted by molar-refractivity contribution is 0.0681. The summed E-state index contributed by atoms with van der Waals surface area (Å²) in [5, 5.41) is 12.4. The van der Waals surface area contributed by atoms with Crippen LogP contribution in [0.1, 0.15) is 37.7 Å². The Kier molecular flexibility index (Phi) is 5.53. The first-order valence-corrected chi connectivity index (χ1v) is 9.93. The molecular weight excluding hydrogens is 407 g/mol. The number of carboxylic acid groups (broad SMARTS) is 1. The third-order valence-corrected chi connectivity index (χ3v) is 6.02. The van der Waals surface area contributed by atoms with Crippen LogP contribution in [0.3, 0.4) is 0 Å². The number of allylic oxidation sites excluding steroid dienone is 4. The Hall–Kier alpha value is -1.62. The van der Waals surface area contributed by atoms with E-state index in [4.69, 9.17) is 34.8 Å². The van der Waals surface area contributed by atoms with Gasteiger partial charge in [-0.3, -0.25) is 0 Å². The minimum absolute atomic E-state index is 0.213. The fourth-order valence-corrected chi connectivity index (χ4v) is 4.49. The minimum Gasteiger partial charge on any atom is -0.477 e. The van der Waals surface area contributed by atoms with Gasteiger partial charge in [-0.2, -0.15) is 0 Å². The van der Waals surface area contributed by atoms with E-state index in [0.717, 1.165) is 10.9 Å². The van der Waals surface area contributed by atoms with E-state index in [0.29, 0.717) is 40.3 Å². The Bertz CT molecular complexity index is 973. The van der Waals surface area contributed by atoms with Crippen LogP contribution in [0.25, 0.3) is 10.9 Å². The van der Waals surface area contributed by atoms with Crippen LogP contribution in [0.4, 0.5) is 5.69 Å². The molecule has 2 aromatic rings. The molecule has 1 N–H and O–H groups in total. The number of anilines is 1.